The Morgan fingerprint density at radius 2 is 1.88 bits per heavy atom. The van der Waals surface area contributed by atoms with Crippen LogP contribution in [0.3, 0.4) is 0 Å². The van der Waals surface area contributed by atoms with E-state index >= 15 is 0 Å². The summed E-state index contributed by atoms with van der Waals surface area (Å²) >= 11 is 0. The van der Waals surface area contributed by atoms with Crippen molar-refractivity contribution in [2.24, 2.45) is 4.99 Å². The first-order valence-electron chi connectivity index (χ1n) is 10.2. The van der Waals surface area contributed by atoms with Crippen LogP contribution in [0.5, 0.6) is 5.75 Å². The zero-order valence-electron chi connectivity index (χ0n) is 18.5. The predicted octanol–water partition coefficient (Wildman–Crippen LogP) is 4.72. The number of carbonyl (C=O) groups is 1. The van der Waals surface area contributed by atoms with Gasteiger partial charge in [-0.1, -0.05) is 24.3 Å². The summed E-state index contributed by atoms with van der Waals surface area (Å²) in [5, 5.41) is 9.45. The lowest BCUT2D eigenvalue weighted by Gasteiger charge is -2.15. The Morgan fingerprint density at radius 1 is 1.06 bits per heavy atom. The molecule has 0 fully saturated rings. The first-order valence-corrected chi connectivity index (χ1v) is 10.2. The Balaban J connectivity index is 0.00000363. The fourth-order valence-corrected chi connectivity index (χ4v) is 3.04. The van der Waals surface area contributed by atoms with E-state index in [2.05, 4.69) is 33.1 Å². The van der Waals surface area contributed by atoms with Crippen molar-refractivity contribution in [1.29, 1.82) is 0 Å². The first kappa shape index (κ1) is 25.3. The van der Waals surface area contributed by atoms with Crippen LogP contribution in [0.15, 0.2) is 70.3 Å². The molecular weight excluding hydrogens is 519 g/mol. The highest BCUT2D eigenvalue weighted by molar-refractivity contribution is 14.0. The highest BCUT2D eigenvalue weighted by Crippen LogP contribution is 2.20. The van der Waals surface area contributed by atoms with Gasteiger partial charge < -0.3 is 25.1 Å². The zero-order valence-corrected chi connectivity index (χ0v) is 20.8. The summed E-state index contributed by atoms with van der Waals surface area (Å²) in [7, 11) is 1.73. The number of rotatable bonds is 8. The molecule has 0 atom stereocenters. The van der Waals surface area contributed by atoms with Gasteiger partial charge in [-0.05, 0) is 55.3 Å². The van der Waals surface area contributed by atoms with Crippen molar-refractivity contribution >= 4 is 41.5 Å². The van der Waals surface area contributed by atoms with Gasteiger partial charge >= 0.3 is 0 Å². The second kappa shape index (κ2) is 12.7. The van der Waals surface area contributed by atoms with Gasteiger partial charge in [0.05, 0.1) is 12.9 Å². The van der Waals surface area contributed by atoms with Crippen LogP contribution in [-0.2, 0) is 13.1 Å². The van der Waals surface area contributed by atoms with Gasteiger partial charge in [-0.2, -0.15) is 0 Å². The van der Waals surface area contributed by atoms with E-state index in [1.807, 2.05) is 44.2 Å². The number of nitrogens with one attached hydrogen (secondary N) is 3. The van der Waals surface area contributed by atoms with Crippen molar-refractivity contribution in [3.05, 3.63) is 83.3 Å². The topological polar surface area (TPSA) is 87.9 Å². The number of benzene rings is 2. The van der Waals surface area contributed by atoms with Crippen LogP contribution >= 0.6 is 24.0 Å². The summed E-state index contributed by atoms with van der Waals surface area (Å²) in [6.07, 6.45) is 1.47. The van der Waals surface area contributed by atoms with E-state index in [0.717, 1.165) is 22.4 Å². The van der Waals surface area contributed by atoms with Gasteiger partial charge in [-0.3, -0.25) is 9.79 Å². The number of aryl methyl sites for hydroxylation is 1. The Bertz CT molecular complexity index is 1040. The summed E-state index contributed by atoms with van der Waals surface area (Å²) in [4.78, 5) is 16.4. The van der Waals surface area contributed by atoms with Gasteiger partial charge in [0.15, 0.2) is 11.7 Å². The molecule has 0 aliphatic carbocycles. The molecule has 170 valence electrons. The van der Waals surface area contributed by atoms with Gasteiger partial charge in [0.1, 0.15) is 5.75 Å². The van der Waals surface area contributed by atoms with Crippen LogP contribution in [0.25, 0.3) is 0 Å². The largest absolute Gasteiger partial charge is 0.494 e. The molecule has 2 aromatic carbocycles. The van der Waals surface area contributed by atoms with Gasteiger partial charge in [0.2, 0.25) is 0 Å². The Hall–Kier alpha value is -3.01. The minimum Gasteiger partial charge on any atom is -0.494 e. The molecule has 1 heterocycles. The van der Waals surface area contributed by atoms with E-state index in [1.54, 1.807) is 19.2 Å². The summed E-state index contributed by atoms with van der Waals surface area (Å²) in [6, 6.07) is 17.1. The average molecular weight is 548 g/mol. The van der Waals surface area contributed by atoms with E-state index < -0.39 is 0 Å². The van der Waals surface area contributed by atoms with E-state index in [4.69, 9.17) is 9.15 Å². The first-order chi connectivity index (χ1) is 15.1. The lowest BCUT2D eigenvalue weighted by molar-refractivity contribution is 0.0996. The van der Waals surface area contributed by atoms with Crippen LogP contribution in [0.1, 0.15) is 34.2 Å². The normalized spacial score (nSPS) is 10.8. The molecule has 3 rings (SSSR count). The molecule has 3 aromatic rings. The molecule has 0 aliphatic rings. The molecule has 3 N–H and O–H groups in total. The van der Waals surface area contributed by atoms with Crippen LogP contribution in [0.4, 0.5) is 5.69 Å². The molecule has 32 heavy (non-hydrogen) atoms. The summed E-state index contributed by atoms with van der Waals surface area (Å²) in [6.45, 7) is 5.79. The lowest BCUT2D eigenvalue weighted by Crippen LogP contribution is -2.36. The van der Waals surface area contributed by atoms with Crippen molar-refractivity contribution < 1.29 is 13.9 Å². The van der Waals surface area contributed by atoms with Crippen LogP contribution in [-0.4, -0.2) is 25.5 Å². The van der Waals surface area contributed by atoms with Crippen molar-refractivity contribution in [3.63, 3.8) is 0 Å². The summed E-state index contributed by atoms with van der Waals surface area (Å²) < 4.78 is 10.9. The lowest BCUT2D eigenvalue weighted by atomic mass is 10.1. The minimum absolute atomic E-state index is 0. The molecule has 0 aliphatic heterocycles. The number of nitrogens with zero attached hydrogens (tertiary/aromatic N) is 1. The average Bonchev–Trinajstić information content (AvgIpc) is 3.31. The molecule has 7 nitrogen and oxygen atoms in total. The number of ether oxygens (including phenoxy) is 1. The van der Waals surface area contributed by atoms with Crippen molar-refractivity contribution in [1.82, 2.24) is 10.6 Å². The highest BCUT2D eigenvalue weighted by Gasteiger charge is 2.09. The van der Waals surface area contributed by atoms with Gasteiger partial charge in [-0.25, -0.2) is 0 Å². The smallest absolute Gasteiger partial charge is 0.291 e. The molecular formula is C24H29IN4O3. The van der Waals surface area contributed by atoms with E-state index in [9.17, 15) is 4.79 Å². The highest BCUT2D eigenvalue weighted by atomic mass is 127. The quantitative estimate of drug-likeness (QED) is 0.216. The van der Waals surface area contributed by atoms with E-state index in [-0.39, 0.29) is 35.6 Å². The Kier molecular flexibility index (Phi) is 10.1. The molecule has 0 spiro atoms. The number of aliphatic imine (C=N–C) groups is 1. The summed E-state index contributed by atoms with van der Waals surface area (Å²) in [5.74, 6) is 1.55. The number of anilines is 1. The van der Waals surface area contributed by atoms with Crippen molar-refractivity contribution in [2.75, 3.05) is 19.0 Å². The molecule has 8 heteroatoms. The molecule has 0 saturated carbocycles. The maximum Gasteiger partial charge on any atom is 0.291 e. The van der Waals surface area contributed by atoms with Crippen molar-refractivity contribution in [2.45, 2.75) is 26.9 Å². The van der Waals surface area contributed by atoms with Crippen LogP contribution in [0.2, 0.25) is 0 Å². The standard InChI is InChI=1S/C24H28N4O3.HI/c1-4-30-22-13-17(2)10-11-19(22)16-27-24(25-3)26-15-18-7-5-8-20(14-18)28-23(29)21-9-6-12-31-21;/h5-14H,4,15-16H2,1-3H3,(H,28,29)(H2,25,26,27);1H. The number of halogens is 1. The molecule has 1 amide bonds. The zero-order chi connectivity index (χ0) is 22.1. The molecule has 1 aromatic heterocycles. The molecule has 0 radical (unpaired) electrons. The fraction of sp³-hybridized carbons (Fsp3) is 0.250. The Labute approximate surface area is 205 Å². The number of hydrogen-bond acceptors (Lipinski definition) is 4. The Morgan fingerprint density at radius 3 is 2.59 bits per heavy atom. The third-order valence-corrected chi connectivity index (χ3v) is 4.58. The monoisotopic (exact) mass is 548 g/mol. The summed E-state index contributed by atoms with van der Waals surface area (Å²) in [5.41, 5.74) is 3.93. The second-order valence-electron chi connectivity index (χ2n) is 6.96. The van der Waals surface area contributed by atoms with Gasteiger partial charge in [0.25, 0.3) is 5.91 Å². The number of amides is 1. The maximum absolute atomic E-state index is 12.2. The minimum atomic E-state index is -0.282. The number of furan rings is 1. The van der Waals surface area contributed by atoms with Crippen LogP contribution < -0.4 is 20.7 Å². The predicted molar refractivity (Wildman–Crippen MR) is 138 cm³/mol. The van der Waals surface area contributed by atoms with Crippen molar-refractivity contribution in [3.8, 4) is 5.75 Å². The van der Waals surface area contributed by atoms with E-state index in [1.165, 1.54) is 6.26 Å². The molecule has 0 bridgehead atoms. The number of carbonyl (C=O) groups excluding carboxylic acids is 1. The number of hydrogen-bond donors (Lipinski definition) is 3. The third-order valence-electron chi connectivity index (χ3n) is 4.58. The second-order valence-corrected chi connectivity index (χ2v) is 6.96. The molecule has 0 unspecified atom stereocenters. The maximum atomic E-state index is 12.2. The third kappa shape index (κ3) is 7.30. The van der Waals surface area contributed by atoms with Gasteiger partial charge in [-0.15, -0.1) is 24.0 Å². The fourth-order valence-electron chi connectivity index (χ4n) is 3.04. The van der Waals surface area contributed by atoms with Crippen LogP contribution in [0, 0.1) is 6.92 Å². The molecule has 0 saturated heterocycles. The SMILES string of the molecule is CCOc1cc(C)ccc1CNC(=NC)NCc1cccc(NC(=O)c2ccco2)c1.I. The van der Waals surface area contributed by atoms with E-state index in [0.29, 0.717) is 31.3 Å². The van der Waals surface area contributed by atoms with Gasteiger partial charge in [0, 0.05) is 31.4 Å². The number of guanidine groups is 1.